The highest BCUT2D eigenvalue weighted by molar-refractivity contribution is 4.60. The quantitative estimate of drug-likeness (QED) is 0.288. The van der Waals surface area contributed by atoms with Crippen LogP contribution in [0.15, 0.2) is 5.18 Å². The van der Waals surface area contributed by atoms with Gasteiger partial charge in [-0.05, 0) is 19.4 Å². The number of nitrogens with one attached hydrogen (secondary N) is 1. The zero-order valence-electron chi connectivity index (χ0n) is 13.8. The van der Waals surface area contributed by atoms with Crippen molar-refractivity contribution in [2.45, 2.75) is 103 Å². The van der Waals surface area contributed by atoms with Gasteiger partial charge in [-0.2, -0.15) is 0 Å². The van der Waals surface area contributed by atoms with Gasteiger partial charge in [-0.25, -0.2) is 0 Å². The van der Waals surface area contributed by atoms with E-state index in [0.717, 1.165) is 13.0 Å². The van der Waals surface area contributed by atoms with Gasteiger partial charge < -0.3 is 0 Å². The summed E-state index contributed by atoms with van der Waals surface area (Å²) in [5.74, 6) is 0. The molecule has 1 atom stereocenters. The lowest BCUT2D eigenvalue weighted by atomic mass is 10.1. The minimum Gasteiger partial charge on any atom is -0.293 e. The maximum absolute atomic E-state index is 10.4. The first-order valence-electron chi connectivity index (χ1n) is 8.91. The topological polar surface area (TPSA) is 41.5 Å². The number of nitroso groups, excluding NO2 is 1. The van der Waals surface area contributed by atoms with Crippen molar-refractivity contribution in [3.63, 3.8) is 0 Å². The van der Waals surface area contributed by atoms with E-state index in [1.54, 1.807) is 0 Å². The molecule has 0 amide bonds. The van der Waals surface area contributed by atoms with Crippen molar-refractivity contribution in [2.75, 3.05) is 6.54 Å². The zero-order valence-corrected chi connectivity index (χ0v) is 13.8. The molecule has 0 radical (unpaired) electrons. The summed E-state index contributed by atoms with van der Waals surface area (Å²) >= 11 is 0. The van der Waals surface area contributed by atoms with E-state index >= 15 is 0 Å². The molecule has 3 nitrogen and oxygen atoms in total. The van der Waals surface area contributed by atoms with Gasteiger partial charge in [-0.1, -0.05) is 89.7 Å². The van der Waals surface area contributed by atoms with E-state index < -0.39 is 0 Å². The van der Waals surface area contributed by atoms with E-state index in [-0.39, 0.29) is 6.17 Å². The van der Waals surface area contributed by atoms with Crippen molar-refractivity contribution in [3.05, 3.63) is 4.91 Å². The second-order valence-corrected chi connectivity index (χ2v) is 5.87. The third kappa shape index (κ3) is 14.0. The maximum Gasteiger partial charge on any atom is 0.142 e. The van der Waals surface area contributed by atoms with Gasteiger partial charge in [0.05, 0.1) is 0 Å². The Morgan fingerprint density at radius 1 is 0.750 bits per heavy atom. The Balaban J connectivity index is 3.04. The van der Waals surface area contributed by atoms with Gasteiger partial charge in [0.2, 0.25) is 0 Å². The Morgan fingerprint density at radius 2 is 1.20 bits per heavy atom. The van der Waals surface area contributed by atoms with E-state index in [0.29, 0.717) is 0 Å². The molecule has 0 aromatic carbocycles. The SMILES string of the molecule is CCCCCCCCCCCCCCNC(CC)N=O. The summed E-state index contributed by atoms with van der Waals surface area (Å²) in [6, 6.07) is 0. The Kier molecular flexibility index (Phi) is 16.2. The van der Waals surface area contributed by atoms with Crippen LogP contribution in [-0.2, 0) is 0 Å². The molecule has 0 fully saturated rings. The first-order valence-corrected chi connectivity index (χ1v) is 8.91. The molecule has 20 heavy (non-hydrogen) atoms. The van der Waals surface area contributed by atoms with Gasteiger partial charge in [-0.3, -0.25) is 5.32 Å². The van der Waals surface area contributed by atoms with Crippen LogP contribution in [0.1, 0.15) is 97.3 Å². The molecule has 120 valence electrons. The molecule has 0 heterocycles. The monoisotopic (exact) mass is 284 g/mol. The van der Waals surface area contributed by atoms with Crippen LogP contribution in [0.2, 0.25) is 0 Å². The molecule has 0 spiro atoms. The fraction of sp³-hybridized carbons (Fsp3) is 1.00. The van der Waals surface area contributed by atoms with Crippen LogP contribution in [-0.4, -0.2) is 12.7 Å². The molecule has 0 aliphatic rings. The number of nitrogens with zero attached hydrogens (tertiary/aromatic N) is 1. The fourth-order valence-electron chi connectivity index (χ4n) is 2.49. The average molecular weight is 284 g/mol. The number of unbranched alkanes of at least 4 members (excludes halogenated alkanes) is 11. The van der Waals surface area contributed by atoms with Gasteiger partial charge in [0.25, 0.3) is 0 Å². The van der Waals surface area contributed by atoms with E-state index in [9.17, 15) is 4.91 Å². The van der Waals surface area contributed by atoms with Crippen molar-refractivity contribution in [3.8, 4) is 0 Å². The average Bonchev–Trinajstić information content (AvgIpc) is 2.48. The zero-order chi connectivity index (χ0) is 14.9. The summed E-state index contributed by atoms with van der Waals surface area (Å²) in [4.78, 5) is 10.4. The molecule has 0 aromatic rings. The van der Waals surface area contributed by atoms with Crippen LogP contribution >= 0.6 is 0 Å². The van der Waals surface area contributed by atoms with Crippen LogP contribution in [0.5, 0.6) is 0 Å². The lowest BCUT2D eigenvalue weighted by Crippen LogP contribution is -2.26. The Morgan fingerprint density at radius 3 is 1.60 bits per heavy atom. The highest BCUT2D eigenvalue weighted by Gasteiger charge is 2.02. The van der Waals surface area contributed by atoms with Gasteiger partial charge in [0.15, 0.2) is 0 Å². The molecular weight excluding hydrogens is 248 g/mol. The van der Waals surface area contributed by atoms with Gasteiger partial charge in [-0.15, -0.1) is 4.91 Å². The molecule has 0 rings (SSSR count). The normalized spacial score (nSPS) is 12.5. The van der Waals surface area contributed by atoms with E-state index in [1.165, 1.54) is 77.0 Å². The Labute approximate surface area is 126 Å². The molecule has 3 heteroatoms. The summed E-state index contributed by atoms with van der Waals surface area (Å²) in [6.07, 6.45) is 17.1. The summed E-state index contributed by atoms with van der Waals surface area (Å²) in [5.41, 5.74) is 0. The van der Waals surface area contributed by atoms with Crippen LogP contribution in [0.3, 0.4) is 0 Å². The second kappa shape index (κ2) is 16.6. The molecule has 0 aliphatic heterocycles. The molecule has 0 bridgehead atoms. The molecule has 1 unspecified atom stereocenters. The molecular formula is C17H36N2O. The minimum absolute atomic E-state index is 0.178. The van der Waals surface area contributed by atoms with E-state index in [2.05, 4.69) is 17.4 Å². The molecule has 0 saturated heterocycles. The van der Waals surface area contributed by atoms with Crippen LogP contribution in [0, 0.1) is 4.91 Å². The smallest absolute Gasteiger partial charge is 0.142 e. The molecule has 0 aromatic heterocycles. The summed E-state index contributed by atoms with van der Waals surface area (Å²) < 4.78 is 0. The van der Waals surface area contributed by atoms with Crippen molar-refractivity contribution in [1.82, 2.24) is 5.32 Å². The maximum atomic E-state index is 10.4. The van der Waals surface area contributed by atoms with E-state index in [4.69, 9.17) is 0 Å². The molecule has 1 N–H and O–H groups in total. The molecule has 0 aliphatic carbocycles. The number of hydrogen-bond donors (Lipinski definition) is 1. The highest BCUT2D eigenvalue weighted by atomic mass is 16.3. The fourth-order valence-corrected chi connectivity index (χ4v) is 2.49. The van der Waals surface area contributed by atoms with Gasteiger partial charge >= 0.3 is 0 Å². The largest absolute Gasteiger partial charge is 0.293 e. The lowest BCUT2D eigenvalue weighted by Gasteiger charge is -2.08. The summed E-state index contributed by atoms with van der Waals surface area (Å²) in [5, 5.41) is 6.22. The van der Waals surface area contributed by atoms with Gasteiger partial charge in [0.1, 0.15) is 6.17 Å². The first kappa shape index (κ1) is 19.6. The molecule has 0 saturated carbocycles. The standard InChI is InChI=1S/C17H36N2O/c1-3-5-6-7-8-9-10-11-12-13-14-15-16-18-17(4-2)19-20/h17-18H,3-16H2,1-2H3. The van der Waals surface area contributed by atoms with Crippen LogP contribution in [0.4, 0.5) is 0 Å². The first-order chi connectivity index (χ1) is 9.85. The third-order valence-corrected chi connectivity index (χ3v) is 3.92. The number of hydrogen-bond acceptors (Lipinski definition) is 3. The van der Waals surface area contributed by atoms with Crippen molar-refractivity contribution in [1.29, 1.82) is 0 Å². The second-order valence-electron chi connectivity index (χ2n) is 5.87. The summed E-state index contributed by atoms with van der Waals surface area (Å²) in [7, 11) is 0. The Bertz CT molecular complexity index is 197. The predicted molar refractivity (Wildman–Crippen MR) is 89.0 cm³/mol. The highest BCUT2D eigenvalue weighted by Crippen LogP contribution is 2.11. The lowest BCUT2D eigenvalue weighted by molar-refractivity contribution is 0.485. The minimum atomic E-state index is -0.178. The predicted octanol–water partition coefficient (Wildman–Crippen LogP) is 5.78. The van der Waals surface area contributed by atoms with Crippen LogP contribution < -0.4 is 5.32 Å². The summed E-state index contributed by atoms with van der Waals surface area (Å²) in [6.45, 7) is 5.19. The van der Waals surface area contributed by atoms with Crippen molar-refractivity contribution >= 4 is 0 Å². The Hall–Kier alpha value is -0.440. The third-order valence-electron chi connectivity index (χ3n) is 3.92. The van der Waals surface area contributed by atoms with Crippen molar-refractivity contribution < 1.29 is 0 Å². The van der Waals surface area contributed by atoms with Gasteiger partial charge in [0, 0.05) is 0 Å². The number of rotatable bonds is 16. The van der Waals surface area contributed by atoms with Crippen LogP contribution in [0.25, 0.3) is 0 Å². The van der Waals surface area contributed by atoms with E-state index in [1.807, 2.05) is 6.92 Å². The van der Waals surface area contributed by atoms with Crippen molar-refractivity contribution in [2.24, 2.45) is 5.18 Å².